The lowest BCUT2D eigenvalue weighted by Crippen LogP contribution is -2.11. The van der Waals surface area contributed by atoms with E-state index in [1.807, 2.05) is 6.07 Å². The van der Waals surface area contributed by atoms with Crippen LogP contribution in [0.15, 0.2) is 30.3 Å². The molecule has 0 aliphatic carbocycles. The van der Waals surface area contributed by atoms with Gasteiger partial charge in [0.15, 0.2) is 16.6 Å². The Hall–Kier alpha value is -3.00. The number of anilines is 1. The van der Waals surface area contributed by atoms with Crippen molar-refractivity contribution in [2.75, 3.05) is 26.3 Å². The first-order chi connectivity index (χ1) is 12.2. The zero-order valence-corrected chi connectivity index (χ0v) is 14.3. The van der Waals surface area contributed by atoms with Gasteiger partial charge >= 0.3 is 0 Å². The molecule has 1 N–H and O–H groups in total. The monoisotopic (exact) mass is 358 g/mol. The highest BCUT2D eigenvalue weighted by atomic mass is 32.1. The Balaban J connectivity index is 1.65. The maximum atomic E-state index is 12.5. The normalized spacial score (nSPS) is 12.2. The van der Waals surface area contributed by atoms with Crippen molar-refractivity contribution in [3.05, 3.63) is 35.9 Å². The van der Waals surface area contributed by atoms with Crippen molar-refractivity contribution >= 4 is 32.6 Å². The average Bonchev–Trinajstić information content (AvgIpc) is 3.26. The largest absolute Gasteiger partial charge is 0.495 e. The number of rotatable bonds is 4. The summed E-state index contributed by atoms with van der Waals surface area (Å²) in [6.07, 6.45) is 0. The molecular weight excluding hydrogens is 344 g/mol. The Morgan fingerprint density at radius 1 is 1.12 bits per heavy atom. The molecule has 2 heterocycles. The van der Waals surface area contributed by atoms with Crippen LogP contribution in [-0.4, -0.2) is 31.9 Å². The van der Waals surface area contributed by atoms with Crippen molar-refractivity contribution in [2.45, 2.75) is 0 Å². The number of nitrogens with zero attached hydrogens (tertiary/aromatic N) is 1. The zero-order chi connectivity index (χ0) is 17.4. The predicted molar refractivity (Wildman–Crippen MR) is 93.2 cm³/mol. The molecule has 0 atom stereocenters. The fourth-order valence-corrected chi connectivity index (χ4v) is 3.52. The average molecular weight is 358 g/mol. The van der Waals surface area contributed by atoms with Crippen molar-refractivity contribution in [3.8, 4) is 23.0 Å². The van der Waals surface area contributed by atoms with Crippen LogP contribution in [-0.2, 0) is 0 Å². The summed E-state index contributed by atoms with van der Waals surface area (Å²) in [6, 6.07) is 8.62. The van der Waals surface area contributed by atoms with Crippen LogP contribution in [0.2, 0.25) is 0 Å². The van der Waals surface area contributed by atoms with Crippen LogP contribution < -0.4 is 24.3 Å². The van der Waals surface area contributed by atoms with Gasteiger partial charge in [0.1, 0.15) is 21.7 Å². The number of aromatic nitrogens is 1. The number of carbonyl (C=O) groups is 1. The number of thiazole rings is 1. The van der Waals surface area contributed by atoms with Gasteiger partial charge in [-0.1, -0.05) is 11.3 Å². The van der Waals surface area contributed by atoms with E-state index in [2.05, 4.69) is 10.3 Å². The molecule has 0 unspecified atom stereocenters. The predicted octanol–water partition coefficient (Wildman–Crippen LogP) is 3.29. The minimum atomic E-state index is -0.282. The van der Waals surface area contributed by atoms with Gasteiger partial charge in [-0.25, -0.2) is 4.98 Å². The second kappa shape index (κ2) is 6.14. The molecule has 0 fully saturated rings. The SMILES string of the molecule is COc1ccc(OC)c2sc(NC(=O)c3ccc4c(c3)OCO4)nc12. The van der Waals surface area contributed by atoms with E-state index in [0.717, 1.165) is 4.70 Å². The highest BCUT2D eigenvalue weighted by Crippen LogP contribution is 2.39. The minimum Gasteiger partial charge on any atom is -0.495 e. The molecule has 2 aromatic carbocycles. The van der Waals surface area contributed by atoms with Crippen LogP contribution >= 0.6 is 11.3 Å². The first-order valence-electron chi connectivity index (χ1n) is 7.42. The molecular formula is C17H14N2O5S. The molecule has 7 nitrogen and oxygen atoms in total. The lowest BCUT2D eigenvalue weighted by molar-refractivity contribution is 0.102. The Kier molecular flexibility index (Phi) is 3.81. The van der Waals surface area contributed by atoms with E-state index in [1.165, 1.54) is 11.3 Å². The van der Waals surface area contributed by atoms with E-state index in [9.17, 15) is 4.79 Å². The van der Waals surface area contributed by atoms with Gasteiger partial charge in [0.25, 0.3) is 5.91 Å². The highest BCUT2D eigenvalue weighted by molar-refractivity contribution is 7.22. The van der Waals surface area contributed by atoms with Crippen LogP contribution in [0.4, 0.5) is 5.13 Å². The van der Waals surface area contributed by atoms with Gasteiger partial charge in [0, 0.05) is 5.56 Å². The van der Waals surface area contributed by atoms with Crippen molar-refractivity contribution in [2.24, 2.45) is 0 Å². The Labute approximate surface area is 147 Å². The van der Waals surface area contributed by atoms with Crippen molar-refractivity contribution in [1.82, 2.24) is 4.98 Å². The fraction of sp³-hybridized carbons (Fsp3) is 0.176. The molecule has 25 heavy (non-hydrogen) atoms. The number of nitrogens with one attached hydrogen (secondary N) is 1. The second-order valence-corrected chi connectivity index (χ2v) is 6.19. The molecule has 1 aromatic heterocycles. The van der Waals surface area contributed by atoms with Gasteiger partial charge in [-0.2, -0.15) is 0 Å². The first-order valence-corrected chi connectivity index (χ1v) is 8.24. The molecule has 1 amide bonds. The minimum absolute atomic E-state index is 0.165. The summed E-state index contributed by atoms with van der Waals surface area (Å²) in [5.41, 5.74) is 1.11. The molecule has 3 aromatic rings. The number of methoxy groups -OCH3 is 2. The van der Waals surface area contributed by atoms with Gasteiger partial charge in [0.2, 0.25) is 6.79 Å². The Morgan fingerprint density at radius 3 is 2.68 bits per heavy atom. The molecule has 0 saturated heterocycles. The van der Waals surface area contributed by atoms with Gasteiger partial charge in [-0.15, -0.1) is 0 Å². The molecule has 0 radical (unpaired) electrons. The summed E-state index contributed by atoms with van der Waals surface area (Å²) in [5, 5.41) is 3.26. The van der Waals surface area contributed by atoms with E-state index in [-0.39, 0.29) is 12.7 Å². The number of carbonyl (C=O) groups excluding carboxylic acids is 1. The summed E-state index contributed by atoms with van der Waals surface area (Å²) >= 11 is 1.32. The molecule has 128 valence electrons. The van der Waals surface area contributed by atoms with Crippen LogP contribution in [0.25, 0.3) is 10.2 Å². The van der Waals surface area contributed by atoms with E-state index >= 15 is 0 Å². The zero-order valence-electron chi connectivity index (χ0n) is 13.5. The molecule has 0 saturated carbocycles. The van der Waals surface area contributed by atoms with Gasteiger partial charge in [0.05, 0.1) is 14.2 Å². The van der Waals surface area contributed by atoms with Gasteiger partial charge in [-0.05, 0) is 30.3 Å². The van der Waals surface area contributed by atoms with Crippen LogP contribution in [0.5, 0.6) is 23.0 Å². The van der Waals surface area contributed by atoms with E-state index < -0.39 is 0 Å². The van der Waals surface area contributed by atoms with E-state index in [0.29, 0.717) is 39.2 Å². The number of amides is 1. The van der Waals surface area contributed by atoms with Crippen LogP contribution in [0.3, 0.4) is 0 Å². The number of benzene rings is 2. The maximum Gasteiger partial charge on any atom is 0.257 e. The number of fused-ring (bicyclic) bond motifs is 2. The third-order valence-electron chi connectivity index (χ3n) is 3.77. The third-order valence-corrected chi connectivity index (χ3v) is 4.75. The van der Waals surface area contributed by atoms with Crippen molar-refractivity contribution < 1.29 is 23.7 Å². The fourth-order valence-electron chi connectivity index (χ4n) is 2.55. The number of ether oxygens (including phenoxy) is 4. The summed E-state index contributed by atoms with van der Waals surface area (Å²) in [7, 11) is 3.16. The number of hydrogen-bond acceptors (Lipinski definition) is 7. The molecule has 4 rings (SSSR count). The summed E-state index contributed by atoms with van der Waals surface area (Å²) in [6.45, 7) is 0.165. The molecule has 0 spiro atoms. The second-order valence-electron chi connectivity index (χ2n) is 5.19. The lowest BCUT2D eigenvalue weighted by atomic mass is 10.2. The molecule has 8 heteroatoms. The van der Waals surface area contributed by atoms with Gasteiger partial charge in [-0.3, -0.25) is 10.1 Å². The number of hydrogen-bond donors (Lipinski definition) is 1. The highest BCUT2D eigenvalue weighted by Gasteiger charge is 2.18. The van der Waals surface area contributed by atoms with Gasteiger partial charge < -0.3 is 18.9 Å². The van der Waals surface area contributed by atoms with E-state index in [1.54, 1.807) is 38.5 Å². The third kappa shape index (κ3) is 2.70. The van der Waals surface area contributed by atoms with Crippen molar-refractivity contribution in [3.63, 3.8) is 0 Å². The van der Waals surface area contributed by atoms with E-state index in [4.69, 9.17) is 18.9 Å². The van der Waals surface area contributed by atoms with Crippen LogP contribution in [0.1, 0.15) is 10.4 Å². The maximum absolute atomic E-state index is 12.5. The summed E-state index contributed by atoms with van der Waals surface area (Å²) in [4.78, 5) is 17.0. The molecule has 0 bridgehead atoms. The Morgan fingerprint density at radius 2 is 1.88 bits per heavy atom. The topological polar surface area (TPSA) is 78.9 Å². The summed E-state index contributed by atoms with van der Waals surface area (Å²) < 4.78 is 22.0. The molecule has 1 aliphatic heterocycles. The lowest BCUT2D eigenvalue weighted by Gasteiger charge is -2.03. The van der Waals surface area contributed by atoms with Crippen molar-refractivity contribution in [1.29, 1.82) is 0 Å². The van der Waals surface area contributed by atoms with Crippen LogP contribution in [0, 0.1) is 0 Å². The summed E-state index contributed by atoms with van der Waals surface area (Å²) in [5.74, 6) is 2.20. The molecule has 1 aliphatic rings. The quantitative estimate of drug-likeness (QED) is 0.771. The smallest absolute Gasteiger partial charge is 0.257 e. The Bertz CT molecular complexity index is 928. The standard InChI is InChI=1S/C17H14N2O5S/c1-21-11-5-6-12(22-2)15-14(11)18-17(25-15)19-16(20)9-3-4-10-13(7-9)24-8-23-10/h3-7H,8H2,1-2H3,(H,18,19,20). The first kappa shape index (κ1) is 15.5.